The number of para-hydroxylation sites is 2. The van der Waals surface area contributed by atoms with Gasteiger partial charge in [0.15, 0.2) is 0 Å². The van der Waals surface area contributed by atoms with E-state index in [4.69, 9.17) is 21.7 Å². The van der Waals surface area contributed by atoms with Crippen LogP contribution in [-0.2, 0) is 9.59 Å². The molecular formula is C29H30ClN5O3. The van der Waals surface area contributed by atoms with Crippen molar-refractivity contribution >= 4 is 46.1 Å². The third-order valence-electron chi connectivity index (χ3n) is 8.27. The van der Waals surface area contributed by atoms with E-state index in [0.717, 1.165) is 24.8 Å². The second-order valence-electron chi connectivity index (χ2n) is 10.6. The van der Waals surface area contributed by atoms with Crippen molar-refractivity contribution in [1.29, 1.82) is 0 Å². The highest BCUT2D eigenvalue weighted by Gasteiger charge is 2.51. The lowest BCUT2D eigenvalue weighted by atomic mass is 9.64. The summed E-state index contributed by atoms with van der Waals surface area (Å²) < 4.78 is 1.55. The van der Waals surface area contributed by atoms with E-state index in [9.17, 15) is 14.4 Å². The normalized spacial score (nSPS) is 29.1. The molecule has 1 aromatic heterocycles. The van der Waals surface area contributed by atoms with Gasteiger partial charge in [-0.25, -0.2) is 9.99 Å². The zero-order chi connectivity index (χ0) is 26.6. The SMILES string of the molecule is CC(=O)N1N=C(C2C(=O)NC3CCC(Cl)CC3C2c2ccccc2)CC1c1nc2ccccc2n1C(C)=O. The summed E-state index contributed by atoms with van der Waals surface area (Å²) in [4.78, 5) is 44.1. The molecule has 38 heavy (non-hydrogen) atoms. The van der Waals surface area contributed by atoms with Gasteiger partial charge in [-0.3, -0.25) is 19.0 Å². The van der Waals surface area contributed by atoms with Gasteiger partial charge in [-0.1, -0.05) is 42.5 Å². The van der Waals surface area contributed by atoms with Crippen molar-refractivity contribution in [3.63, 3.8) is 0 Å². The fourth-order valence-electron chi connectivity index (χ4n) is 6.70. The van der Waals surface area contributed by atoms with Gasteiger partial charge in [0.05, 0.1) is 22.7 Å². The number of alkyl halides is 1. The zero-order valence-corrected chi connectivity index (χ0v) is 22.1. The van der Waals surface area contributed by atoms with Crippen LogP contribution < -0.4 is 5.32 Å². The van der Waals surface area contributed by atoms with Crippen LogP contribution >= 0.6 is 11.6 Å². The van der Waals surface area contributed by atoms with Gasteiger partial charge in [0.2, 0.25) is 17.7 Å². The maximum atomic E-state index is 13.7. The Labute approximate surface area is 226 Å². The number of nitrogens with one attached hydrogen (secondary N) is 1. The van der Waals surface area contributed by atoms with Crippen LogP contribution in [0.4, 0.5) is 0 Å². The molecule has 8 nitrogen and oxygen atoms in total. The number of carbonyl (C=O) groups is 3. The Morgan fingerprint density at radius 1 is 1.00 bits per heavy atom. The Morgan fingerprint density at radius 2 is 1.74 bits per heavy atom. The quantitative estimate of drug-likeness (QED) is 0.497. The van der Waals surface area contributed by atoms with Gasteiger partial charge in [0, 0.05) is 37.6 Å². The highest BCUT2D eigenvalue weighted by atomic mass is 35.5. The number of hydrogen-bond acceptors (Lipinski definition) is 5. The minimum absolute atomic E-state index is 0.0561. The molecule has 1 saturated heterocycles. The predicted octanol–water partition coefficient (Wildman–Crippen LogP) is 4.65. The summed E-state index contributed by atoms with van der Waals surface area (Å²) in [7, 11) is 0. The van der Waals surface area contributed by atoms with Crippen LogP contribution in [-0.4, -0.2) is 49.4 Å². The topological polar surface area (TPSA) is 96.7 Å². The van der Waals surface area contributed by atoms with Gasteiger partial charge in [0.1, 0.15) is 11.9 Å². The van der Waals surface area contributed by atoms with Crippen molar-refractivity contribution in [2.75, 3.05) is 0 Å². The molecule has 0 spiro atoms. The molecule has 196 valence electrons. The monoisotopic (exact) mass is 531 g/mol. The predicted molar refractivity (Wildman–Crippen MR) is 145 cm³/mol. The van der Waals surface area contributed by atoms with Crippen LogP contribution in [0.25, 0.3) is 11.0 Å². The average Bonchev–Trinajstić information content (AvgIpc) is 3.51. The lowest BCUT2D eigenvalue weighted by Gasteiger charge is -2.46. The number of hydrogen-bond donors (Lipinski definition) is 1. The van der Waals surface area contributed by atoms with Gasteiger partial charge in [-0.15, -0.1) is 11.6 Å². The molecule has 3 aliphatic rings. The molecule has 0 radical (unpaired) electrons. The number of halogens is 1. The fraction of sp³-hybridized carbons (Fsp3) is 0.414. The molecule has 9 heteroatoms. The second-order valence-corrected chi connectivity index (χ2v) is 11.2. The number of amides is 2. The number of piperidine rings is 1. The molecule has 2 aromatic carbocycles. The van der Waals surface area contributed by atoms with E-state index in [0.29, 0.717) is 29.0 Å². The molecule has 2 amide bonds. The Hall–Kier alpha value is -3.52. The standard InChI is InChI=1S/C29H30ClN5O3/c1-16(36)34-24-11-7-6-10-22(24)31-28(34)25-15-23(33-35(25)17(2)37)27-26(18-8-4-3-5-9-18)20-14-19(30)12-13-21(20)32-29(27)38/h3-11,19-21,25-27H,12-15H2,1-2H3,(H,32,38). The van der Waals surface area contributed by atoms with Crippen LogP contribution in [0, 0.1) is 11.8 Å². The summed E-state index contributed by atoms with van der Waals surface area (Å²) in [6, 6.07) is 17.0. The van der Waals surface area contributed by atoms with E-state index in [1.807, 2.05) is 42.5 Å². The van der Waals surface area contributed by atoms with Crippen LogP contribution in [0.2, 0.25) is 0 Å². The molecule has 6 atom stereocenters. The first-order valence-electron chi connectivity index (χ1n) is 13.2. The highest BCUT2D eigenvalue weighted by molar-refractivity contribution is 6.20. The molecule has 1 saturated carbocycles. The number of benzene rings is 2. The number of imidazole rings is 1. The molecule has 6 rings (SSSR count). The first-order chi connectivity index (χ1) is 18.3. The maximum Gasteiger partial charge on any atom is 0.240 e. The molecule has 2 aliphatic heterocycles. The second kappa shape index (κ2) is 9.66. The molecule has 3 aromatic rings. The Morgan fingerprint density at radius 3 is 2.47 bits per heavy atom. The minimum Gasteiger partial charge on any atom is -0.352 e. The van der Waals surface area contributed by atoms with Crippen LogP contribution in [0.1, 0.15) is 67.7 Å². The summed E-state index contributed by atoms with van der Waals surface area (Å²) in [6.45, 7) is 2.93. The van der Waals surface area contributed by atoms with Crippen LogP contribution in [0.15, 0.2) is 59.7 Å². The molecule has 6 unspecified atom stereocenters. The van der Waals surface area contributed by atoms with Crippen molar-refractivity contribution in [2.45, 2.75) is 62.9 Å². The van der Waals surface area contributed by atoms with Crippen LogP contribution in [0.5, 0.6) is 0 Å². The largest absolute Gasteiger partial charge is 0.352 e. The fourth-order valence-corrected chi connectivity index (χ4v) is 7.03. The van der Waals surface area contributed by atoms with Crippen molar-refractivity contribution < 1.29 is 14.4 Å². The van der Waals surface area contributed by atoms with E-state index in [1.54, 1.807) is 4.57 Å². The lowest BCUT2D eigenvalue weighted by Crippen LogP contribution is -2.57. The summed E-state index contributed by atoms with van der Waals surface area (Å²) in [5.41, 5.74) is 3.06. The van der Waals surface area contributed by atoms with Crippen molar-refractivity contribution in [3.05, 3.63) is 66.0 Å². The summed E-state index contributed by atoms with van der Waals surface area (Å²) in [5.74, 6) is -0.590. The number of rotatable bonds is 3. The zero-order valence-electron chi connectivity index (χ0n) is 21.4. The van der Waals surface area contributed by atoms with E-state index in [-0.39, 0.29) is 41.0 Å². The first-order valence-corrected chi connectivity index (χ1v) is 13.6. The number of nitrogens with zero attached hydrogens (tertiary/aromatic N) is 4. The Bertz CT molecular complexity index is 1450. The van der Waals surface area contributed by atoms with E-state index in [2.05, 4.69) is 17.4 Å². The Kier molecular flexibility index (Phi) is 6.30. The lowest BCUT2D eigenvalue weighted by molar-refractivity contribution is -0.131. The molecule has 3 heterocycles. The minimum atomic E-state index is -0.590. The third kappa shape index (κ3) is 4.11. The highest BCUT2D eigenvalue weighted by Crippen LogP contribution is 2.47. The van der Waals surface area contributed by atoms with Gasteiger partial charge in [-0.05, 0) is 42.9 Å². The smallest absolute Gasteiger partial charge is 0.240 e. The average molecular weight is 532 g/mol. The summed E-state index contributed by atoms with van der Waals surface area (Å²) >= 11 is 6.65. The number of carbonyl (C=O) groups excluding carboxylic acids is 3. The first kappa shape index (κ1) is 24.8. The van der Waals surface area contributed by atoms with Crippen molar-refractivity contribution in [2.24, 2.45) is 16.9 Å². The van der Waals surface area contributed by atoms with E-state index in [1.165, 1.54) is 18.9 Å². The number of aromatic nitrogens is 2. The van der Waals surface area contributed by atoms with Gasteiger partial charge >= 0.3 is 0 Å². The van der Waals surface area contributed by atoms with Crippen LogP contribution in [0.3, 0.4) is 0 Å². The molecular weight excluding hydrogens is 502 g/mol. The van der Waals surface area contributed by atoms with Gasteiger partial charge in [-0.2, -0.15) is 5.10 Å². The molecule has 1 aliphatic carbocycles. The molecule has 2 fully saturated rings. The summed E-state index contributed by atoms with van der Waals surface area (Å²) in [5, 5.41) is 9.47. The Balaban J connectivity index is 1.43. The van der Waals surface area contributed by atoms with Gasteiger partial charge < -0.3 is 5.32 Å². The molecule has 1 N–H and O–H groups in total. The van der Waals surface area contributed by atoms with E-state index < -0.39 is 12.0 Å². The van der Waals surface area contributed by atoms with E-state index >= 15 is 0 Å². The summed E-state index contributed by atoms with van der Waals surface area (Å²) in [6.07, 6.45) is 2.84. The number of fused-ring (bicyclic) bond motifs is 2. The maximum absolute atomic E-state index is 13.7. The molecule has 0 bridgehead atoms. The van der Waals surface area contributed by atoms with Gasteiger partial charge in [0.25, 0.3) is 0 Å². The third-order valence-corrected chi connectivity index (χ3v) is 8.66. The van der Waals surface area contributed by atoms with Crippen molar-refractivity contribution in [3.8, 4) is 0 Å². The number of hydrazone groups is 1. The van der Waals surface area contributed by atoms with Crippen molar-refractivity contribution in [1.82, 2.24) is 19.9 Å².